The number of benzene rings is 1. The number of phenols is 1. The average Bonchev–Trinajstić information content (AvgIpc) is 2.77. The van der Waals surface area contributed by atoms with Crippen LogP contribution in [0.2, 0.25) is 5.02 Å². The van der Waals surface area contributed by atoms with E-state index in [0.29, 0.717) is 25.5 Å². The number of hydrogen-bond acceptors (Lipinski definition) is 2. The molecule has 0 amide bonds. The summed E-state index contributed by atoms with van der Waals surface area (Å²) >= 11 is 5.35. The van der Waals surface area contributed by atoms with Gasteiger partial charge in [-0.05, 0) is 25.5 Å². The first-order valence-electron chi connectivity index (χ1n) is 5.34. The number of nitrogens with one attached hydrogen (secondary N) is 1. The Morgan fingerprint density at radius 3 is 2.56 bits per heavy atom. The van der Waals surface area contributed by atoms with Gasteiger partial charge in [0.1, 0.15) is 0 Å². The molecule has 2 N–H and O–H groups in total. The highest BCUT2D eigenvalue weighted by atomic mass is 35.5. The molecule has 1 aliphatic heterocycles. The standard InChI is InChI=1S/C11H10ClF4NO/c12-6-4-5(11(14,15)16)8(10(18)9(6)13)7-2-1-3-17-7/h4,7,17-18H,1-3H2/t7-/m0/s1. The molecule has 0 bridgehead atoms. The Kier molecular flexibility index (Phi) is 3.42. The van der Waals surface area contributed by atoms with Gasteiger partial charge < -0.3 is 10.4 Å². The molecule has 7 heteroatoms. The predicted octanol–water partition coefficient (Wildman–Crippen LogP) is 3.63. The number of phenolic OH excluding ortho intramolecular Hbond substituents is 1. The molecule has 0 saturated carbocycles. The summed E-state index contributed by atoms with van der Waals surface area (Å²) in [6.07, 6.45) is -3.60. The van der Waals surface area contributed by atoms with Gasteiger partial charge in [0.2, 0.25) is 0 Å². The van der Waals surface area contributed by atoms with E-state index >= 15 is 0 Å². The van der Waals surface area contributed by atoms with Crippen LogP contribution in [-0.4, -0.2) is 11.7 Å². The summed E-state index contributed by atoms with van der Waals surface area (Å²) in [7, 11) is 0. The maximum Gasteiger partial charge on any atom is 0.416 e. The molecule has 1 atom stereocenters. The van der Waals surface area contributed by atoms with Gasteiger partial charge in [0.25, 0.3) is 0 Å². The van der Waals surface area contributed by atoms with Crippen molar-refractivity contribution in [2.45, 2.75) is 25.1 Å². The quantitative estimate of drug-likeness (QED) is 0.772. The zero-order chi connectivity index (χ0) is 13.5. The monoisotopic (exact) mass is 283 g/mol. The van der Waals surface area contributed by atoms with Crippen LogP contribution in [0.5, 0.6) is 5.75 Å². The van der Waals surface area contributed by atoms with Crippen LogP contribution in [0.3, 0.4) is 0 Å². The van der Waals surface area contributed by atoms with E-state index in [2.05, 4.69) is 5.32 Å². The maximum atomic E-state index is 13.4. The van der Waals surface area contributed by atoms with Gasteiger partial charge in [-0.15, -0.1) is 0 Å². The van der Waals surface area contributed by atoms with Crippen molar-refractivity contribution in [2.75, 3.05) is 6.54 Å². The second-order valence-corrected chi connectivity index (χ2v) is 4.54. The first-order valence-corrected chi connectivity index (χ1v) is 5.71. The lowest BCUT2D eigenvalue weighted by Crippen LogP contribution is -2.19. The van der Waals surface area contributed by atoms with E-state index in [-0.39, 0.29) is 0 Å². The summed E-state index contributed by atoms with van der Waals surface area (Å²) in [5.74, 6) is -2.23. The number of rotatable bonds is 1. The number of aromatic hydroxyl groups is 1. The maximum absolute atomic E-state index is 13.4. The van der Waals surface area contributed by atoms with E-state index < -0.39 is 39.9 Å². The van der Waals surface area contributed by atoms with Crippen LogP contribution < -0.4 is 5.32 Å². The minimum Gasteiger partial charge on any atom is -0.505 e. The molecule has 100 valence electrons. The second kappa shape index (κ2) is 4.59. The van der Waals surface area contributed by atoms with E-state index in [9.17, 15) is 22.7 Å². The number of hydrogen-bond donors (Lipinski definition) is 2. The highest BCUT2D eigenvalue weighted by Gasteiger charge is 2.39. The lowest BCUT2D eigenvalue weighted by Gasteiger charge is -2.20. The van der Waals surface area contributed by atoms with E-state index in [1.807, 2.05) is 0 Å². The summed E-state index contributed by atoms with van der Waals surface area (Å²) in [4.78, 5) is 0. The smallest absolute Gasteiger partial charge is 0.416 e. The largest absolute Gasteiger partial charge is 0.505 e. The minimum absolute atomic E-state index is 0.414. The Balaban J connectivity index is 2.63. The zero-order valence-corrected chi connectivity index (χ0v) is 9.87. The summed E-state index contributed by atoms with van der Waals surface area (Å²) in [6.45, 7) is 0.533. The molecule has 0 aliphatic carbocycles. The molecule has 1 aromatic rings. The minimum atomic E-state index is -4.69. The molecule has 0 spiro atoms. The Bertz CT molecular complexity index is 469. The summed E-state index contributed by atoms with van der Waals surface area (Å²) in [5.41, 5.74) is -1.55. The van der Waals surface area contributed by atoms with E-state index in [1.54, 1.807) is 0 Å². The first-order chi connectivity index (χ1) is 8.32. The van der Waals surface area contributed by atoms with Gasteiger partial charge in [-0.25, -0.2) is 4.39 Å². The van der Waals surface area contributed by atoms with Crippen molar-refractivity contribution in [3.63, 3.8) is 0 Å². The van der Waals surface area contributed by atoms with Crippen molar-refractivity contribution in [1.29, 1.82) is 0 Å². The Morgan fingerprint density at radius 2 is 2.06 bits per heavy atom. The van der Waals surface area contributed by atoms with Gasteiger partial charge in [0.15, 0.2) is 11.6 Å². The second-order valence-electron chi connectivity index (χ2n) is 4.13. The molecule has 1 heterocycles. The van der Waals surface area contributed by atoms with Crippen molar-refractivity contribution in [1.82, 2.24) is 5.32 Å². The number of alkyl halides is 3. The Labute approximate surface area is 106 Å². The van der Waals surface area contributed by atoms with Gasteiger partial charge in [-0.2, -0.15) is 13.2 Å². The average molecular weight is 284 g/mol. The highest BCUT2D eigenvalue weighted by Crippen LogP contribution is 2.44. The summed E-state index contributed by atoms with van der Waals surface area (Å²) in [5, 5.41) is 11.7. The Morgan fingerprint density at radius 1 is 1.39 bits per heavy atom. The van der Waals surface area contributed by atoms with Crippen molar-refractivity contribution in [2.24, 2.45) is 0 Å². The zero-order valence-electron chi connectivity index (χ0n) is 9.11. The Hall–Kier alpha value is -1.01. The highest BCUT2D eigenvalue weighted by molar-refractivity contribution is 6.31. The van der Waals surface area contributed by atoms with Gasteiger partial charge in [-0.1, -0.05) is 11.6 Å². The molecule has 1 aliphatic rings. The topological polar surface area (TPSA) is 32.3 Å². The van der Waals surface area contributed by atoms with Crippen molar-refractivity contribution < 1.29 is 22.7 Å². The molecule has 1 aromatic carbocycles. The SMILES string of the molecule is Oc1c(F)c(Cl)cc(C(F)(F)F)c1[C@@H]1CCCN1. The molecule has 2 nitrogen and oxygen atoms in total. The van der Waals surface area contributed by atoms with Crippen molar-refractivity contribution in [3.8, 4) is 5.75 Å². The van der Waals surface area contributed by atoms with Crippen LogP contribution in [0.4, 0.5) is 17.6 Å². The normalized spacial score (nSPS) is 20.4. The van der Waals surface area contributed by atoms with Crippen LogP contribution >= 0.6 is 11.6 Å². The van der Waals surface area contributed by atoms with Crippen molar-refractivity contribution >= 4 is 11.6 Å². The van der Waals surface area contributed by atoms with Gasteiger partial charge in [-0.3, -0.25) is 0 Å². The first kappa shape index (κ1) is 13.4. The molecule has 1 fully saturated rings. The van der Waals surface area contributed by atoms with Gasteiger partial charge in [0.05, 0.1) is 10.6 Å². The van der Waals surface area contributed by atoms with E-state index in [1.165, 1.54) is 0 Å². The molecule has 0 unspecified atom stereocenters. The van der Waals surface area contributed by atoms with Crippen molar-refractivity contribution in [3.05, 3.63) is 28.0 Å². The van der Waals surface area contributed by atoms with Crippen LogP contribution in [0, 0.1) is 5.82 Å². The fourth-order valence-electron chi connectivity index (χ4n) is 2.14. The third kappa shape index (κ3) is 2.27. The lowest BCUT2D eigenvalue weighted by atomic mass is 9.97. The molecule has 2 rings (SSSR count). The van der Waals surface area contributed by atoms with E-state index in [0.717, 1.165) is 0 Å². The molecular formula is C11H10ClF4NO. The van der Waals surface area contributed by atoms with Crippen LogP contribution in [-0.2, 0) is 6.18 Å². The summed E-state index contributed by atoms with van der Waals surface area (Å²) < 4.78 is 52.1. The fraction of sp³-hybridized carbons (Fsp3) is 0.455. The molecule has 0 radical (unpaired) electrons. The number of halogens is 5. The molecule has 1 saturated heterocycles. The summed E-state index contributed by atoms with van der Waals surface area (Å²) in [6, 6.07) is -0.181. The van der Waals surface area contributed by atoms with Gasteiger partial charge in [0, 0.05) is 11.6 Å². The van der Waals surface area contributed by atoms with Crippen LogP contribution in [0.1, 0.15) is 30.0 Å². The van der Waals surface area contributed by atoms with Crippen LogP contribution in [0.15, 0.2) is 6.07 Å². The fourth-order valence-corrected chi connectivity index (χ4v) is 2.34. The third-order valence-electron chi connectivity index (χ3n) is 2.95. The third-order valence-corrected chi connectivity index (χ3v) is 3.22. The molecule has 0 aromatic heterocycles. The van der Waals surface area contributed by atoms with Gasteiger partial charge >= 0.3 is 6.18 Å². The molecular weight excluding hydrogens is 274 g/mol. The van der Waals surface area contributed by atoms with E-state index in [4.69, 9.17) is 11.6 Å². The van der Waals surface area contributed by atoms with Crippen LogP contribution in [0.25, 0.3) is 0 Å². The lowest BCUT2D eigenvalue weighted by molar-refractivity contribution is -0.138. The predicted molar refractivity (Wildman–Crippen MR) is 58.1 cm³/mol. The molecule has 18 heavy (non-hydrogen) atoms.